The van der Waals surface area contributed by atoms with Gasteiger partial charge in [-0.3, -0.25) is 10.1 Å². The van der Waals surface area contributed by atoms with Gasteiger partial charge in [-0.25, -0.2) is 0 Å². The molecule has 0 aliphatic heterocycles. The van der Waals surface area contributed by atoms with Crippen molar-refractivity contribution in [3.8, 4) is 0 Å². The minimum Gasteiger partial charge on any atom is -0.382 e. The van der Waals surface area contributed by atoms with Crippen molar-refractivity contribution in [2.75, 3.05) is 5.32 Å². The van der Waals surface area contributed by atoms with Gasteiger partial charge in [0, 0.05) is 23.9 Å². The summed E-state index contributed by atoms with van der Waals surface area (Å²) in [6.07, 6.45) is 3.56. The smallest absolute Gasteiger partial charge is 0.271 e. The monoisotopic (exact) mass is 234 g/mol. The summed E-state index contributed by atoms with van der Waals surface area (Å²) in [6.45, 7) is 4.49. The highest BCUT2D eigenvalue weighted by Crippen LogP contribution is 2.39. The van der Waals surface area contributed by atoms with Crippen molar-refractivity contribution < 1.29 is 4.92 Å². The molecule has 1 aliphatic carbocycles. The Morgan fingerprint density at radius 3 is 2.82 bits per heavy atom. The minimum absolute atomic E-state index is 0.144. The number of hydrogen-bond acceptors (Lipinski definition) is 3. The Bertz CT molecular complexity index is 429. The van der Waals surface area contributed by atoms with Crippen molar-refractivity contribution in [2.45, 2.75) is 39.2 Å². The van der Waals surface area contributed by atoms with E-state index < -0.39 is 0 Å². The fraction of sp³-hybridized carbons (Fsp3) is 0.538. The largest absolute Gasteiger partial charge is 0.382 e. The van der Waals surface area contributed by atoms with E-state index in [4.69, 9.17) is 0 Å². The fourth-order valence-corrected chi connectivity index (χ4v) is 2.50. The normalized spacial score (nSPS) is 22.4. The molecule has 0 saturated heterocycles. The van der Waals surface area contributed by atoms with Crippen molar-refractivity contribution in [1.29, 1.82) is 0 Å². The highest BCUT2D eigenvalue weighted by molar-refractivity contribution is 5.51. The van der Waals surface area contributed by atoms with Crippen LogP contribution < -0.4 is 5.32 Å². The quantitative estimate of drug-likeness (QED) is 0.642. The van der Waals surface area contributed by atoms with Crippen molar-refractivity contribution in [3.05, 3.63) is 34.4 Å². The molecule has 4 heteroatoms. The summed E-state index contributed by atoms with van der Waals surface area (Å²) in [6, 6.07) is 7.15. The molecule has 17 heavy (non-hydrogen) atoms. The van der Waals surface area contributed by atoms with Gasteiger partial charge >= 0.3 is 0 Å². The molecule has 1 unspecified atom stereocenters. The molecule has 1 fully saturated rings. The van der Waals surface area contributed by atoms with Crippen molar-refractivity contribution in [3.63, 3.8) is 0 Å². The predicted octanol–water partition coefficient (Wildman–Crippen LogP) is 3.59. The van der Waals surface area contributed by atoms with Gasteiger partial charge in [-0.1, -0.05) is 26.3 Å². The lowest BCUT2D eigenvalue weighted by Gasteiger charge is -2.28. The number of benzene rings is 1. The van der Waals surface area contributed by atoms with Crippen LogP contribution in [0.4, 0.5) is 11.4 Å². The first-order chi connectivity index (χ1) is 7.99. The molecule has 1 aliphatic rings. The van der Waals surface area contributed by atoms with Gasteiger partial charge in [0.05, 0.1) is 4.92 Å². The van der Waals surface area contributed by atoms with Gasteiger partial charge in [0.15, 0.2) is 0 Å². The second-order valence-corrected chi connectivity index (χ2v) is 5.39. The number of rotatable bonds is 3. The summed E-state index contributed by atoms with van der Waals surface area (Å²) >= 11 is 0. The summed E-state index contributed by atoms with van der Waals surface area (Å²) in [4.78, 5) is 10.3. The third-order valence-electron chi connectivity index (χ3n) is 3.66. The zero-order valence-electron chi connectivity index (χ0n) is 10.3. The number of nitrogens with zero attached hydrogens (tertiary/aromatic N) is 1. The number of hydrogen-bond donors (Lipinski definition) is 1. The molecule has 4 nitrogen and oxygen atoms in total. The van der Waals surface area contributed by atoms with Crippen LogP contribution in [0, 0.1) is 15.5 Å². The average molecular weight is 234 g/mol. The molecule has 0 amide bonds. The van der Waals surface area contributed by atoms with Gasteiger partial charge in [0.2, 0.25) is 0 Å². The molecular weight excluding hydrogens is 216 g/mol. The first kappa shape index (κ1) is 11.9. The maximum Gasteiger partial charge on any atom is 0.271 e. The number of non-ortho nitro benzene ring substituents is 1. The lowest BCUT2D eigenvalue weighted by atomic mass is 9.87. The number of nitro benzene ring substituents is 1. The maximum atomic E-state index is 10.7. The summed E-state index contributed by atoms with van der Waals surface area (Å²) in [5.74, 6) is 0. The first-order valence-corrected chi connectivity index (χ1v) is 6.00. The maximum absolute atomic E-state index is 10.7. The van der Waals surface area contributed by atoms with E-state index in [9.17, 15) is 10.1 Å². The first-order valence-electron chi connectivity index (χ1n) is 6.00. The van der Waals surface area contributed by atoms with Gasteiger partial charge in [0.1, 0.15) is 0 Å². The molecule has 0 radical (unpaired) electrons. The van der Waals surface area contributed by atoms with E-state index in [1.807, 2.05) is 6.07 Å². The lowest BCUT2D eigenvalue weighted by molar-refractivity contribution is -0.384. The average Bonchev–Trinajstić information content (AvgIpc) is 2.59. The lowest BCUT2D eigenvalue weighted by Crippen LogP contribution is -2.30. The molecular formula is C13H18N2O2. The van der Waals surface area contributed by atoms with E-state index in [2.05, 4.69) is 19.2 Å². The van der Waals surface area contributed by atoms with Gasteiger partial charge in [-0.05, 0) is 24.3 Å². The molecule has 2 rings (SSSR count). The van der Waals surface area contributed by atoms with Gasteiger partial charge in [0.25, 0.3) is 5.69 Å². The Labute approximate surface area is 101 Å². The second-order valence-electron chi connectivity index (χ2n) is 5.39. The van der Waals surface area contributed by atoms with Crippen LogP contribution in [0.1, 0.15) is 33.1 Å². The topological polar surface area (TPSA) is 55.2 Å². The third-order valence-corrected chi connectivity index (χ3v) is 3.66. The van der Waals surface area contributed by atoms with Crippen molar-refractivity contribution >= 4 is 11.4 Å². The van der Waals surface area contributed by atoms with E-state index in [1.54, 1.807) is 12.1 Å². The third kappa shape index (κ3) is 2.57. The Balaban J connectivity index is 2.13. The number of nitro groups is 1. The van der Waals surface area contributed by atoms with Crippen LogP contribution in [0.3, 0.4) is 0 Å². The SMILES string of the molecule is CC1(C)CCCC1Nc1cccc([N+](=O)[O-])c1. The predicted molar refractivity (Wildman–Crippen MR) is 68.1 cm³/mol. The summed E-state index contributed by atoms with van der Waals surface area (Å²) in [5.41, 5.74) is 1.26. The van der Waals surface area contributed by atoms with Crippen LogP contribution in [-0.2, 0) is 0 Å². The molecule has 1 atom stereocenters. The molecule has 0 spiro atoms. The Morgan fingerprint density at radius 2 is 2.24 bits per heavy atom. The highest BCUT2D eigenvalue weighted by Gasteiger charge is 2.34. The van der Waals surface area contributed by atoms with E-state index in [1.165, 1.54) is 18.9 Å². The summed E-state index contributed by atoms with van der Waals surface area (Å²) in [5, 5.41) is 14.1. The van der Waals surface area contributed by atoms with Gasteiger partial charge < -0.3 is 5.32 Å². The van der Waals surface area contributed by atoms with Crippen molar-refractivity contribution in [1.82, 2.24) is 0 Å². The summed E-state index contributed by atoms with van der Waals surface area (Å²) in [7, 11) is 0. The van der Waals surface area contributed by atoms with Gasteiger partial charge in [-0.15, -0.1) is 0 Å². The van der Waals surface area contributed by atoms with Crippen LogP contribution >= 0.6 is 0 Å². The standard InChI is InChI=1S/C13H18N2O2/c1-13(2)8-4-7-12(13)14-10-5-3-6-11(9-10)15(16)17/h3,5-6,9,12,14H,4,7-8H2,1-2H3. The molecule has 1 saturated carbocycles. The molecule has 1 aromatic carbocycles. The van der Waals surface area contributed by atoms with E-state index in [0.717, 1.165) is 12.1 Å². The van der Waals surface area contributed by atoms with Crippen LogP contribution in [0.5, 0.6) is 0 Å². The molecule has 0 bridgehead atoms. The van der Waals surface area contributed by atoms with Crippen LogP contribution in [0.2, 0.25) is 0 Å². The van der Waals surface area contributed by atoms with E-state index >= 15 is 0 Å². The Hall–Kier alpha value is -1.58. The molecule has 1 N–H and O–H groups in total. The van der Waals surface area contributed by atoms with E-state index in [-0.39, 0.29) is 16.0 Å². The van der Waals surface area contributed by atoms with Crippen molar-refractivity contribution in [2.24, 2.45) is 5.41 Å². The molecule has 0 heterocycles. The second kappa shape index (κ2) is 4.35. The number of nitrogens with one attached hydrogen (secondary N) is 1. The molecule has 1 aromatic rings. The zero-order chi connectivity index (χ0) is 12.5. The van der Waals surface area contributed by atoms with Crippen LogP contribution in [0.15, 0.2) is 24.3 Å². The van der Waals surface area contributed by atoms with Gasteiger partial charge in [-0.2, -0.15) is 0 Å². The Morgan fingerprint density at radius 1 is 1.47 bits per heavy atom. The zero-order valence-corrected chi connectivity index (χ0v) is 10.3. The Kier molecular flexibility index (Phi) is 3.05. The highest BCUT2D eigenvalue weighted by atomic mass is 16.6. The summed E-state index contributed by atoms with van der Waals surface area (Å²) < 4.78 is 0. The van der Waals surface area contributed by atoms with Crippen LogP contribution in [0.25, 0.3) is 0 Å². The van der Waals surface area contributed by atoms with Crippen LogP contribution in [-0.4, -0.2) is 11.0 Å². The minimum atomic E-state index is -0.356. The molecule has 92 valence electrons. The fourth-order valence-electron chi connectivity index (χ4n) is 2.50. The van der Waals surface area contributed by atoms with E-state index in [0.29, 0.717) is 6.04 Å². The molecule has 0 aromatic heterocycles. The number of anilines is 1.